The maximum atomic E-state index is 13.0. The molecule has 1 aliphatic carbocycles. The fourth-order valence-corrected chi connectivity index (χ4v) is 4.86. The lowest BCUT2D eigenvalue weighted by atomic mass is 9.93. The maximum Gasteiger partial charge on any atom is 0.255 e. The number of piperidine rings is 1. The predicted octanol–water partition coefficient (Wildman–Crippen LogP) is 3.04. The van der Waals surface area contributed by atoms with Gasteiger partial charge >= 0.3 is 0 Å². The summed E-state index contributed by atoms with van der Waals surface area (Å²) in [7, 11) is -3.44. The van der Waals surface area contributed by atoms with Gasteiger partial charge in [-0.2, -0.15) is 0 Å². The highest BCUT2D eigenvalue weighted by molar-refractivity contribution is 7.90. The molecule has 0 aromatic heterocycles. The summed E-state index contributed by atoms with van der Waals surface area (Å²) in [5, 5.41) is 3.36. The summed E-state index contributed by atoms with van der Waals surface area (Å²) in [4.78, 5) is 27.3. The number of likely N-dealkylation sites (tertiary alicyclic amines) is 1. The molecular formula is C20H27ClN2O4S. The zero-order valence-corrected chi connectivity index (χ0v) is 17.7. The van der Waals surface area contributed by atoms with E-state index in [0.29, 0.717) is 13.1 Å². The second-order valence-electron chi connectivity index (χ2n) is 7.85. The van der Waals surface area contributed by atoms with Gasteiger partial charge in [-0.1, -0.05) is 30.9 Å². The topological polar surface area (TPSA) is 83.6 Å². The molecule has 8 heteroatoms. The van der Waals surface area contributed by atoms with E-state index in [2.05, 4.69) is 5.32 Å². The molecular weight excluding hydrogens is 400 g/mol. The van der Waals surface area contributed by atoms with Gasteiger partial charge in [0.15, 0.2) is 9.84 Å². The van der Waals surface area contributed by atoms with Gasteiger partial charge < -0.3 is 10.2 Å². The van der Waals surface area contributed by atoms with Crippen LogP contribution in [0.5, 0.6) is 0 Å². The number of benzene rings is 1. The molecule has 28 heavy (non-hydrogen) atoms. The Hall–Kier alpha value is -1.60. The third-order valence-electron chi connectivity index (χ3n) is 5.63. The van der Waals surface area contributed by atoms with Crippen LogP contribution in [-0.4, -0.2) is 50.5 Å². The normalized spacial score (nSPS) is 21.4. The highest BCUT2D eigenvalue weighted by atomic mass is 35.5. The molecule has 1 aromatic carbocycles. The van der Waals surface area contributed by atoms with Gasteiger partial charge in [0.25, 0.3) is 5.91 Å². The van der Waals surface area contributed by atoms with Gasteiger partial charge in [-0.25, -0.2) is 8.42 Å². The fourth-order valence-electron chi connectivity index (χ4n) is 4.01. The van der Waals surface area contributed by atoms with Crippen LogP contribution in [0.1, 0.15) is 55.3 Å². The zero-order valence-electron chi connectivity index (χ0n) is 16.1. The van der Waals surface area contributed by atoms with E-state index in [4.69, 9.17) is 11.6 Å². The minimum atomic E-state index is -3.44. The lowest BCUT2D eigenvalue weighted by molar-refractivity contribution is -0.127. The monoisotopic (exact) mass is 426 g/mol. The smallest absolute Gasteiger partial charge is 0.255 e. The van der Waals surface area contributed by atoms with Crippen molar-refractivity contribution in [3.8, 4) is 0 Å². The van der Waals surface area contributed by atoms with Crippen LogP contribution in [0.25, 0.3) is 0 Å². The van der Waals surface area contributed by atoms with E-state index in [1.54, 1.807) is 4.90 Å². The largest absolute Gasteiger partial charge is 0.353 e. The third-order valence-corrected chi connectivity index (χ3v) is 7.07. The number of rotatable bonds is 4. The van der Waals surface area contributed by atoms with Gasteiger partial charge in [0.2, 0.25) is 5.91 Å². The molecule has 1 saturated carbocycles. The van der Waals surface area contributed by atoms with E-state index < -0.39 is 9.84 Å². The molecule has 154 valence electrons. The highest BCUT2D eigenvalue weighted by Gasteiger charge is 2.31. The quantitative estimate of drug-likeness (QED) is 0.801. The lowest BCUT2D eigenvalue weighted by Gasteiger charge is -2.33. The summed E-state index contributed by atoms with van der Waals surface area (Å²) < 4.78 is 23.6. The van der Waals surface area contributed by atoms with Crippen LogP contribution in [0.15, 0.2) is 23.1 Å². The molecule has 1 heterocycles. The first-order chi connectivity index (χ1) is 13.3. The summed E-state index contributed by atoms with van der Waals surface area (Å²) in [5.74, 6) is -0.553. The van der Waals surface area contributed by atoms with Crippen LogP contribution in [-0.2, 0) is 14.6 Å². The molecule has 1 N–H and O–H groups in total. The molecule has 1 saturated heterocycles. The molecule has 2 aliphatic rings. The number of carbonyl (C=O) groups excluding carboxylic acids is 2. The minimum Gasteiger partial charge on any atom is -0.353 e. The maximum absolute atomic E-state index is 13.0. The number of hydrogen-bond donors (Lipinski definition) is 1. The molecule has 2 amide bonds. The van der Waals surface area contributed by atoms with Crippen molar-refractivity contribution < 1.29 is 18.0 Å². The summed E-state index contributed by atoms with van der Waals surface area (Å²) in [5.41, 5.74) is 0.165. The number of sulfone groups is 1. The highest BCUT2D eigenvalue weighted by Crippen LogP contribution is 2.26. The third kappa shape index (κ3) is 5.06. The predicted molar refractivity (Wildman–Crippen MR) is 108 cm³/mol. The van der Waals surface area contributed by atoms with E-state index in [1.807, 2.05) is 0 Å². The standard InChI is InChI=1S/C20H27ClN2O4S/c1-28(26,27)16-9-10-18(21)17(12-16)20(25)23-11-5-6-14(13-23)19(24)22-15-7-3-2-4-8-15/h9-10,12,14-15H,2-8,11,13H2,1H3,(H,22,24). The van der Waals surface area contributed by atoms with Crippen LogP contribution >= 0.6 is 11.6 Å². The number of hydrogen-bond acceptors (Lipinski definition) is 4. The molecule has 0 spiro atoms. The Bertz CT molecular complexity index is 850. The van der Waals surface area contributed by atoms with E-state index in [1.165, 1.54) is 24.6 Å². The number of nitrogens with one attached hydrogen (secondary N) is 1. The Morgan fingerprint density at radius 3 is 2.50 bits per heavy atom. The number of amides is 2. The number of halogens is 1. The molecule has 1 aromatic rings. The van der Waals surface area contributed by atoms with Crippen molar-refractivity contribution in [1.82, 2.24) is 10.2 Å². The van der Waals surface area contributed by atoms with Gasteiger partial charge in [-0.05, 0) is 43.9 Å². The van der Waals surface area contributed by atoms with Gasteiger partial charge in [-0.15, -0.1) is 0 Å². The fraction of sp³-hybridized carbons (Fsp3) is 0.600. The lowest BCUT2D eigenvalue weighted by Crippen LogP contribution is -2.48. The molecule has 6 nitrogen and oxygen atoms in total. The van der Waals surface area contributed by atoms with E-state index >= 15 is 0 Å². The molecule has 0 radical (unpaired) electrons. The van der Waals surface area contributed by atoms with Crippen LogP contribution in [0.4, 0.5) is 0 Å². The summed E-state index contributed by atoms with van der Waals surface area (Å²) in [6.07, 6.45) is 8.15. The first kappa shape index (κ1) is 21.1. The van der Waals surface area contributed by atoms with Crippen molar-refractivity contribution in [3.05, 3.63) is 28.8 Å². The van der Waals surface area contributed by atoms with Crippen molar-refractivity contribution in [1.29, 1.82) is 0 Å². The average molecular weight is 427 g/mol. The number of carbonyl (C=O) groups is 2. The second kappa shape index (κ2) is 8.82. The molecule has 1 atom stereocenters. The van der Waals surface area contributed by atoms with Gasteiger partial charge in [0, 0.05) is 25.4 Å². The van der Waals surface area contributed by atoms with Crippen molar-refractivity contribution in [2.24, 2.45) is 5.92 Å². The number of nitrogens with zero attached hydrogens (tertiary/aromatic N) is 1. The van der Waals surface area contributed by atoms with Crippen LogP contribution in [0, 0.1) is 5.92 Å². The average Bonchev–Trinajstić information content (AvgIpc) is 2.68. The molecule has 2 fully saturated rings. The van der Waals surface area contributed by atoms with Gasteiger partial charge in [-0.3, -0.25) is 9.59 Å². The van der Waals surface area contributed by atoms with Crippen molar-refractivity contribution in [2.75, 3.05) is 19.3 Å². The first-order valence-electron chi connectivity index (χ1n) is 9.85. The minimum absolute atomic E-state index is 0.0142. The van der Waals surface area contributed by atoms with Crippen molar-refractivity contribution in [3.63, 3.8) is 0 Å². The summed E-state index contributed by atoms with van der Waals surface area (Å²) in [6, 6.07) is 4.40. The molecule has 1 unspecified atom stereocenters. The summed E-state index contributed by atoms with van der Waals surface area (Å²) in [6.45, 7) is 0.863. The van der Waals surface area contributed by atoms with E-state index in [9.17, 15) is 18.0 Å². The first-order valence-corrected chi connectivity index (χ1v) is 12.1. The summed E-state index contributed by atoms with van der Waals surface area (Å²) >= 11 is 6.17. The van der Waals surface area contributed by atoms with Gasteiger partial charge in [0.1, 0.15) is 0 Å². The van der Waals surface area contributed by atoms with E-state index in [0.717, 1.165) is 44.8 Å². The van der Waals surface area contributed by atoms with Crippen LogP contribution in [0.2, 0.25) is 5.02 Å². The Morgan fingerprint density at radius 2 is 1.82 bits per heavy atom. The van der Waals surface area contributed by atoms with Crippen LogP contribution < -0.4 is 5.32 Å². The second-order valence-corrected chi connectivity index (χ2v) is 10.3. The Labute approximate surface area is 171 Å². The molecule has 3 rings (SSSR count). The SMILES string of the molecule is CS(=O)(=O)c1ccc(Cl)c(C(=O)N2CCCC(C(=O)NC3CCCCC3)C2)c1. The van der Waals surface area contributed by atoms with E-state index in [-0.39, 0.29) is 39.3 Å². The Morgan fingerprint density at radius 1 is 1.11 bits per heavy atom. The van der Waals surface area contributed by atoms with Crippen LogP contribution in [0.3, 0.4) is 0 Å². The molecule has 1 aliphatic heterocycles. The Kier molecular flexibility index (Phi) is 6.65. The van der Waals surface area contributed by atoms with Gasteiger partial charge in [0.05, 0.1) is 21.4 Å². The van der Waals surface area contributed by atoms with Crippen molar-refractivity contribution in [2.45, 2.75) is 55.9 Å². The Balaban J connectivity index is 1.70. The molecule has 0 bridgehead atoms. The van der Waals surface area contributed by atoms with Crippen molar-refractivity contribution >= 4 is 33.3 Å². The zero-order chi connectivity index (χ0) is 20.3.